The Morgan fingerprint density at radius 1 is 0.852 bits per heavy atom. The van der Waals surface area contributed by atoms with Gasteiger partial charge in [0.25, 0.3) is 0 Å². The number of aromatic nitrogens is 2. The van der Waals surface area contributed by atoms with E-state index in [1.165, 1.54) is 43.7 Å². The molecule has 0 saturated heterocycles. The van der Waals surface area contributed by atoms with Crippen LogP contribution in [0.15, 0.2) is 53.7 Å². The second-order valence-electron chi connectivity index (χ2n) is 5.28. The van der Waals surface area contributed by atoms with Crippen LogP contribution in [0, 0.1) is 17.5 Å². The first-order valence-corrected chi connectivity index (χ1v) is 8.81. The van der Waals surface area contributed by atoms with E-state index in [2.05, 4.69) is 25.3 Å². The fourth-order valence-corrected chi connectivity index (χ4v) is 2.84. The highest BCUT2D eigenvalue weighted by atomic mass is 32.2. The summed E-state index contributed by atoms with van der Waals surface area (Å²) < 4.78 is 54.7. The summed E-state index contributed by atoms with van der Waals surface area (Å²) >= 11 is 0. The summed E-state index contributed by atoms with van der Waals surface area (Å²) in [6, 6.07) is 8.78. The predicted molar refractivity (Wildman–Crippen MR) is 96.8 cm³/mol. The number of nitrogens with one attached hydrogen (secondary N) is 3. The van der Waals surface area contributed by atoms with Crippen molar-refractivity contribution in [1.29, 1.82) is 0 Å². The van der Waals surface area contributed by atoms with Gasteiger partial charge < -0.3 is 10.6 Å². The summed E-state index contributed by atoms with van der Waals surface area (Å²) in [7, 11) is 0.0510. The third-order valence-electron chi connectivity index (χ3n) is 3.46. The third kappa shape index (κ3) is 4.60. The second kappa shape index (κ2) is 8.14. The van der Waals surface area contributed by atoms with Crippen molar-refractivity contribution in [2.45, 2.75) is 4.90 Å². The summed E-state index contributed by atoms with van der Waals surface area (Å²) in [6.45, 7) is 0. The number of hydrogen-bond donors (Lipinski definition) is 3. The van der Waals surface area contributed by atoms with Gasteiger partial charge in [0.1, 0.15) is 34.8 Å². The van der Waals surface area contributed by atoms with Gasteiger partial charge in [-0.3, -0.25) is 0 Å². The molecule has 0 aliphatic heterocycles. The van der Waals surface area contributed by atoms with Crippen LogP contribution in [0.2, 0.25) is 0 Å². The van der Waals surface area contributed by atoms with Crippen molar-refractivity contribution in [2.24, 2.45) is 0 Å². The lowest BCUT2D eigenvalue weighted by atomic mass is 10.3. The number of rotatable bonds is 6. The number of benzene rings is 2. The van der Waals surface area contributed by atoms with E-state index in [9.17, 15) is 17.4 Å². The monoisotopic (exact) mass is 393 g/mol. The van der Waals surface area contributed by atoms with E-state index in [1.807, 2.05) is 0 Å². The second-order valence-corrected chi connectivity index (χ2v) is 6.70. The molecular weight excluding hydrogens is 379 g/mol. The van der Waals surface area contributed by atoms with Crippen molar-refractivity contribution in [2.75, 3.05) is 17.7 Å². The Bertz CT molecular complexity index is 1000. The molecule has 0 aliphatic carbocycles. The normalized spacial score (nSPS) is 11.9. The average molecular weight is 393 g/mol. The van der Waals surface area contributed by atoms with Gasteiger partial charge >= 0.3 is 0 Å². The molecule has 0 aliphatic rings. The molecule has 0 radical (unpaired) electrons. The third-order valence-corrected chi connectivity index (χ3v) is 4.51. The molecule has 0 fully saturated rings. The molecule has 10 heteroatoms. The fourth-order valence-electron chi connectivity index (χ4n) is 2.19. The molecule has 1 unspecified atom stereocenters. The molecule has 1 atom stereocenters. The zero-order valence-corrected chi connectivity index (χ0v) is 14.8. The Morgan fingerprint density at radius 3 is 2.26 bits per heavy atom. The zero-order chi connectivity index (χ0) is 19.4. The lowest BCUT2D eigenvalue weighted by molar-refractivity contribution is 0.509. The topological polar surface area (TPSA) is 78.9 Å². The highest BCUT2D eigenvalue weighted by molar-refractivity contribution is 7.83. The van der Waals surface area contributed by atoms with Crippen molar-refractivity contribution in [3.63, 3.8) is 0 Å². The Balaban J connectivity index is 1.82. The first-order valence-electron chi connectivity index (χ1n) is 7.66. The molecular formula is C17H14F3N5OS. The summed E-state index contributed by atoms with van der Waals surface area (Å²) in [5.41, 5.74) is 0.365. The number of nitrogens with zero attached hydrogens (tertiary/aromatic N) is 2. The van der Waals surface area contributed by atoms with Crippen molar-refractivity contribution >= 4 is 34.0 Å². The summed E-state index contributed by atoms with van der Waals surface area (Å²) in [4.78, 5) is 8.35. The lowest BCUT2D eigenvalue weighted by Gasteiger charge is -2.10. The minimum atomic E-state index is -1.47. The summed E-state index contributed by atoms with van der Waals surface area (Å²) in [6.07, 6.45) is 1.22. The van der Waals surface area contributed by atoms with Gasteiger partial charge in [0.15, 0.2) is 11.6 Å². The van der Waals surface area contributed by atoms with Gasteiger partial charge in [0, 0.05) is 17.8 Å². The molecule has 6 nitrogen and oxygen atoms in total. The van der Waals surface area contributed by atoms with Crippen LogP contribution in [0.3, 0.4) is 0 Å². The molecule has 140 valence electrons. The molecule has 3 N–H and O–H groups in total. The highest BCUT2D eigenvalue weighted by Crippen LogP contribution is 2.24. The van der Waals surface area contributed by atoms with Crippen molar-refractivity contribution in [3.8, 4) is 0 Å². The van der Waals surface area contributed by atoms with Crippen LogP contribution in [0.25, 0.3) is 0 Å². The molecule has 0 saturated carbocycles. The Labute approximate surface area is 155 Å². The maximum Gasteiger partial charge on any atom is 0.160 e. The summed E-state index contributed by atoms with van der Waals surface area (Å²) in [5.74, 6) is -1.97. The van der Waals surface area contributed by atoms with Crippen LogP contribution in [-0.2, 0) is 11.0 Å². The standard InChI is InChI=1S/C17H14F3N5OS/c1-21-27(26)11-3-5-13(19)15(7-11)25-17-8-16(22-9-23-17)24-10-2-4-12(18)14(20)6-10/h2-9,21H,1H3,(H2,22,23,24,25). The van der Waals surface area contributed by atoms with Gasteiger partial charge in [-0.25, -0.2) is 32.1 Å². The minimum absolute atomic E-state index is 0.0774. The van der Waals surface area contributed by atoms with Crippen LogP contribution in [-0.4, -0.2) is 21.2 Å². The average Bonchev–Trinajstić information content (AvgIpc) is 2.66. The largest absolute Gasteiger partial charge is 0.340 e. The molecule has 0 bridgehead atoms. The maximum absolute atomic E-state index is 14.0. The van der Waals surface area contributed by atoms with Gasteiger partial charge in [0.05, 0.1) is 10.6 Å². The summed E-state index contributed by atoms with van der Waals surface area (Å²) in [5, 5.41) is 5.58. The van der Waals surface area contributed by atoms with Gasteiger partial charge in [-0.05, 0) is 37.4 Å². The van der Waals surface area contributed by atoms with Crippen LogP contribution in [0.4, 0.5) is 36.2 Å². The molecule has 3 aromatic rings. The van der Waals surface area contributed by atoms with E-state index in [0.29, 0.717) is 4.90 Å². The maximum atomic E-state index is 14.0. The molecule has 0 spiro atoms. The fraction of sp³-hybridized carbons (Fsp3) is 0.0588. The van der Waals surface area contributed by atoms with Gasteiger partial charge in [-0.1, -0.05) is 0 Å². The highest BCUT2D eigenvalue weighted by Gasteiger charge is 2.09. The first kappa shape index (κ1) is 18.8. The Morgan fingerprint density at radius 2 is 1.56 bits per heavy atom. The lowest BCUT2D eigenvalue weighted by Crippen LogP contribution is -2.11. The van der Waals surface area contributed by atoms with Crippen molar-refractivity contribution in [3.05, 3.63) is 66.2 Å². The van der Waals surface area contributed by atoms with E-state index in [0.717, 1.165) is 12.1 Å². The van der Waals surface area contributed by atoms with E-state index in [4.69, 9.17) is 0 Å². The number of halogens is 3. The van der Waals surface area contributed by atoms with Crippen LogP contribution >= 0.6 is 0 Å². The van der Waals surface area contributed by atoms with Gasteiger partial charge in [-0.15, -0.1) is 0 Å². The van der Waals surface area contributed by atoms with Gasteiger partial charge in [-0.2, -0.15) is 0 Å². The quantitative estimate of drug-likeness (QED) is 0.596. The minimum Gasteiger partial charge on any atom is -0.340 e. The number of anilines is 4. The van der Waals surface area contributed by atoms with Crippen molar-refractivity contribution in [1.82, 2.24) is 14.7 Å². The van der Waals surface area contributed by atoms with Crippen LogP contribution in [0.1, 0.15) is 0 Å². The van der Waals surface area contributed by atoms with E-state index >= 15 is 0 Å². The van der Waals surface area contributed by atoms with Crippen LogP contribution < -0.4 is 15.4 Å². The Kier molecular flexibility index (Phi) is 5.67. The van der Waals surface area contributed by atoms with E-state index in [1.54, 1.807) is 0 Å². The molecule has 27 heavy (non-hydrogen) atoms. The molecule has 1 heterocycles. The van der Waals surface area contributed by atoms with Crippen molar-refractivity contribution < 1.29 is 17.4 Å². The SMILES string of the molecule is CNS(=O)c1ccc(F)c(Nc2cc(Nc3ccc(F)c(F)c3)ncn2)c1. The molecule has 0 amide bonds. The van der Waals surface area contributed by atoms with E-state index in [-0.39, 0.29) is 23.0 Å². The van der Waals surface area contributed by atoms with Crippen LogP contribution in [0.5, 0.6) is 0 Å². The Hall–Kier alpha value is -2.98. The molecule has 3 rings (SSSR count). The predicted octanol–water partition coefficient (Wildman–Crippen LogP) is 3.62. The zero-order valence-electron chi connectivity index (χ0n) is 14.0. The van der Waals surface area contributed by atoms with Gasteiger partial charge in [0.2, 0.25) is 0 Å². The first-order chi connectivity index (χ1) is 13.0. The molecule has 1 aromatic heterocycles. The number of hydrogen-bond acceptors (Lipinski definition) is 5. The van der Waals surface area contributed by atoms with E-state index < -0.39 is 28.4 Å². The molecule has 2 aromatic carbocycles. The smallest absolute Gasteiger partial charge is 0.160 e.